The van der Waals surface area contributed by atoms with Crippen molar-refractivity contribution in [3.63, 3.8) is 0 Å². The predicted octanol–water partition coefficient (Wildman–Crippen LogP) is 5.94. The molecule has 34 heavy (non-hydrogen) atoms. The first-order valence-electron chi connectivity index (χ1n) is 8.51. The quantitative estimate of drug-likeness (QED) is 0.345. The van der Waals surface area contributed by atoms with Crippen LogP contribution in [0.2, 0.25) is 0 Å². The number of ether oxygens (including phenoxy) is 1. The molecule has 1 aliphatic carbocycles. The first-order chi connectivity index (χ1) is 15.0. The fraction of sp³-hybridized carbons (Fsp3) is 0.444. The van der Waals surface area contributed by atoms with Crippen LogP contribution in [0.4, 0.5) is 57.1 Å². The fourth-order valence-corrected chi connectivity index (χ4v) is 3.05. The Labute approximate surface area is 180 Å². The van der Waals surface area contributed by atoms with E-state index >= 15 is 8.78 Å². The monoisotopic (exact) mass is 520 g/mol. The van der Waals surface area contributed by atoms with Crippen molar-refractivity contribution in [1.82, 2.24) is 0 Å². The molecule has 1 atom stereocenters. The highest BCUT2D eigenvalue weighted by Crippen LogP contribution is 2.64. The summed E-state index contributed by atoms with van der Waals surface area (Å²) in [5, 5.41) is 0. The van der Waals surface area contributed by atoms with E-state index in [1.165, 1.54) is 0 Å². The number of hydrogen-bond donors (Lipinski definition) is 0. The van der Waals surface area contributed by atoms with E-state index in [4.69, 9.17) is 0 Å². The lowest BCUT2D eigenvalue weighted by molar-refractivity contribution is -0.448. The van der Waals surface area contributed by atoms with E-state index in [2.05, 4.69) is 4.74 Å². The van der Waals surface area contributed by atoms with Crippen molar-refractivity contribution in [3.8, 4) is 0 Å². The van der Waals surface area contributed by atoms with Gasteiger partial charge in [-0.15, -0.1) is 0 Å². The Balaban J connectivity index is 2.87. The van der Waals surface area contributed by atoms with Gasteiger partial charge in [-0.1, -0.05) is 24.3 Å². The molecule has 0 bridgehead atoms. The van der Waals surface area contributed by atoms with Crippen LogP contribution in [0.5, 0.6) is 0 Å². The number of ketones is 1. The van der Waals surface area contributed by atoms with E-state index in [0.717, 1.165) is 12.1 Å². The van der Waals surface area contributed by atoms with Gasteiger partial charge in [0, 0.05) is 18.1 Å². The Morgan fingerprint density at radius 2 is 1.24 bits per heavy atom. The van der Waals surface area contributed by atoms with Gasteiger partial charge in [0.15, 0.2) is 5.78 Å². The van der Waals surface area contributed by atoms with Crippen LogP contribution in [0.1, 0.15) is 22.8 Å². The molecule has 0 aromatic heterocycles. The normalized spacial score (nSPS) is 20.2. The number of carbonyl (C=O) groups is 2. The molecule has 0 aliphatic heterocycles. The van der Waals surface area contributed by atoms with Crippen molar-refractivity contribution in [2.24, 2.45) is 0 Å². The molecule has 0 radical (unpaired) electrons. The highest BCUT2D eigenvalue weighted by Gasteiger charge is 2.93. The SMILES string of the molecule is CC(=O)OC1(C(F)(F)C(F)(F)C(F)(F)C(F)(F)C(F)(F)C(F)(F)F)C=CC(=O)c2ccccc21. The minimum Gasteiger partial charge on any atom is -0.443 e. The summed E-state index contributed by atoms with van der Waals surface area (Å²) in [5.41, 5.74) is -6.93. The highest BCUT2D eigenvalue weighted by molar-refractivity contribution is 6.07. The molecular weight excluding hydrogens is 511 g/mol. The molecular formula is C18H9F13O3. The topological polar surface area (TPSA) is 43.4 Å². The number of esters is 1. The van der Waals surface area contributed by atoms with Crippen molar-refractivity contribution in [3.05, 3.63) is 47.5 Å². The average Bonchev–Trinajstić information content (AvgIpc) is 2.68. The zero-order chi connectivity index (χ0) is 26.8. The minimum absolute atomic E-state index is 0.00979. The first kappa shape index (κ1) is 27.4. The number of benzene rings is 1. The summed E-state index contributed by atoms with van der Waals surface area (Å²) in [5.74, 6) is -41.9. The minimum atomic E-state index is -8.13. The van der Waals surface area contributed by atoms with E-state index in [-0.39, 0.29) is 19.1 Å². The molecule has 0 N–H and O–H groups in total. The number of carbonyl (C=O) groups excluding carboxylic acids is 2. The largest absolute Gasteiger partial charge is 0.460 e. The second kappa shape index (κ2) is 7.60. The number of alkyl halides is 13. The lowest BCUT2D eigenvalue weighted by Gasteiger charge is -2.46. The predicted molar refractivity (Wildman–Crippen MR) is 84.1 cm³/mol. The van der Waals surface area contributed by atoms with Crippen LogP contribution in [-0.2, 0) is 15.1 Å². The summed E-state index contributed by atoms with van der Waals surface area (Å²) in [7, 11) is 0. The van der Waals surface area contributed by atoms with Gasteiger partial charge in [-0.2, -0.15) is 57.1 Å². The smallest absolute Gasteiger partial charge is 0.443 e. The molecule has 0 saturated heterocycles. The second-order valence-corrected chi connectivity index (χ2v) is 6.94. The van der Waals surface area contributed by atoms with Crippen molar-refractivity contribution in [1.29, 1.82) is 0 Å². The molecule has 1 aromatic carbocycles. The van der Waals surface area contributed by atoms with Gasteiger partial charge in [0.25, 0.3) is 0 Å². The third-order valence-corrected chi connectivity index (χ3v) is 4.77. The van der Waals surface area contributed by atoms with Crippen LogP contribution in [-0.4, -0.2) is 47.5 Å². The molecule has 1 aromatic rings. The molecule has 0 spiro atoms. The summed E-state index contributed by atoms with van der Waals surface area (Å²) in [6, 6.07) is 2.70. The molecule has 0 amide bonds. The Kier molecular flexibility index (Phi) is 6.13. The van der Waals surface area contributed by atoms with E-state index < -0.39 is 64.3 Å². The van der Waals surface area contributed by atoms with Gasteiger partial charge < -0.3 is 4.74 Å². The average molecular weight is 520 g/mol. The maximum absolute atomic E-state index is 15.1. The molecule has 2 rings (SSSR count). The van der Waals surface area contributed by atoms with Gasteiger partial charge >= 0.3 is 41.8 Å². The number of fused-ring (bicyclic) bond motifs is 1. The summed E-state index contributed by atoms with van der Waals surface area (Å²) in [6.07, 6.45) is -7.94. The first-order valence-corrected chi connectivity index (χ1v) is 8.51. The van der Waals surface area contributed by atoms with Crippen molar-refractivity contribution >= 4 is 11.8 Å². The van der Waals surface area contributed by atoms with Gasteiger partial charge in [0.2, 0.25) is 5.60 Å². The molecule has 1 unspecified atom stereocenters. The second-order valence-electron chi connectivity index (χ2n) is 6.94. The molecule has 0 heterocycles. The van der Waals surface area contributed by atoms with Crippen LogP contribution in [0.15, 0.2) is 36.4 Å². The number of allylic oxidation sites excluding steroid dienone is 1. The zero-order valence-electron chi connectivity index (χ0n) is 16.1. The lowest BCUT2D eigenvalue weighted by Crippen LogP contribution is -2.73. The summed E-state index contributed by atoms with van der Waals surface area (Å²) in [6.45, 7) is 0.271. The molecule has 16 heteroatoms. The maximum atomic E-state index is 15.1. The molecule has 0 saturated carbocycles. The molecule has 190 valence electrons. The van der Waals surface area contributed by atoms with Gasteiger partial charge in [0.1, 0.15) is 0 Å². The Morgan fingerprint density at radius 3 is 1.71 bits per heavy atom. The third-order valence-electron chi connectivity index (χ3n) is 4.77. The van der Waals surface area contributed by atoms with E-state index in [0.29, 0.717) is 12.1 Å². The number of rotatable bonds is 6. The molecule has 1 aliphatic rings. The standard InChI is InChI=1S/C18H9F13O3/c1-8(32)34-12(7-6-11(33)9-4-2-3-5-10(9)12)13(19,20)14(21,22)15(23,24)16(25,26)17(27,28)18(29,30)31/h2-7H,1H3. The summed E-state index contributed by atoms with van der Waals surface area (Å²) in [4.78, 5) is 23.3. The maximum Gasteiger partial charge on any atom is 0.460 e. The molecule has 3 nitrogen and oxygen atoms in total. The molecule has 0 fully saturated rings. The summed E-state index contributed by atoms with van der Waals surface area (Å²) >= 11 is 0. The van der Waals surface area contributed by atoms with E-state index in [9.17, 15) is 57.9 Å². The number of halogens is 13. The van der Waals surface area contributed by atoms with Crippen molar-refractivity contribution in [2.45, 2.75) is 48.3 Å². The third kappa shape index (κ3) is 3.35. The van der Waals surface area contributed by atoms with Crippen molar-refractivity contribution in [2.75, 3.05) is 0 Å². The number of hydrogen-bond acceptors (Lipinski definition) is 3. The Bertz CT molecular complexity index is 1030. The van der Waals surface area contributed by atoms with Gasteiger partial charge in [-0.05, 0) is 12.2 Å². The zero-order valence-corrected chi connectivity index (χ0v) is 16.1. The van der Waals surface area contributed by atoms with Gasteiger partial charge in [0.05, 0.1) is 0 Å². The van der Waals surface area contributed by atoms with Crippen LogP contribution in [0.25, 0.3) is 0 Å². The Morgan fingerprint density at radius 1 is 0.765 bits per heavy atom. The van der Waals surface area contributed by atoms with Crippen LogP contribution < -0.4 is 0 Å². The van der Waals surface area contributed by atoms with Crippen molar-refractivity contribution < 1.29 is 71.4 Å². The highest BCUT2D eigenvalue weighted by atomic mass is 19.4. The summed E-state index contributed by atoms with van der Waals surface area (Å²) < 4.78 is 181. The van der Waals surface area contributed by atoms with Gasteiger partial charge in [-0.25, -0.2) is 0 Å². The lowest BCUT2D eigenvalue weighted by atomic mass is 9.75. The van der Waals surface area contributed by atoms with Crippen LogP contribution in [0, 0.1) is 0 Å². The van der Waals surface area contributed by atoms with Gasteiger partial charge in [-0.3, -0.25) is 9.59 Å². The van der Waals surface area contributed by atoms with E-state index in [1.807, 2.05) is 0 Å². The Hall–Kier alpha value is -2.81. The fourth-order valence-electron chi connectivity index (χ4n) is 3.05. The van der Waals surface area contributed by atoms with Crippen LogP contribution >= 0.6 is 0 Å². The van der Waals surface area contributed by atoms with E-state index in [1.54, 1.807) is 0 Å². The van der Waals surface area contributed by atoms with Crippen LogP contribution in [0.3, 0.4) is 0 Å².